The molecule has 0 saturated carbocycles. The maximum Gasteiger partial charge on any atom is 0.227 e. The third kappa shape index (κ3) is 3.44. The van der Waals surface area contributed by atoms with Crippen LogP contribution in [0.2, 0.25) is 0 Å². The molecule has 8 heteroatoms. The Bertz CT molecular complexity index is 1240. The molecule has 0 radical (unpaired) electrons. The monoisotopic (exact) mass is 413 g/mol. The van der Waals surface area contributed by atoms with Gasteiger partial charge in [-0.1, -0.05) is 31.2 Å². The highest BCUT2D eigenvalue weighted by molar-refractivity contribution is 7.91. The van der Waals surface area contributed by atoms with Crippen molar-refractivity contribution in [2.45, 2.75) is 31.2 Å². The van der Waals surface area contributed by atoms with Crippen LogP contribution in [0.25, 0.3) is 10.9 Å². The molecule has 3 aromatic rings. The first-order valence-electron chi connectivity index (χ1n) is 9.30. The number of fused-ring (bicyclic) bond motifs is 2. The van der Waals surface area contributed by atoms with Crippen LogP contribution in [0.5, 0.6) is 0 Å². The average Bonchev–Trinajstić information content (AvgIpc) is 3.02. The molecule has 4 rings (SSSR count). The summed E-state index contributed by atoms with van der Waals surface area (Å²) in [6.45, 7) is 1.91. The van der Waals surface area contributed by atoms with Crippen LogP contribution >= 0.6 is 0 Å². The summed E-state index contributed by atoms with van der Waals surface area (Å²) in [4.78, 5) is 18.5. The van der Waals surface area contributed by atoms with Gasteiger partial charge in [-0.05, 0) is 35.7 Å². The molecule has 0 spiro atoms. The minimum absolute atomic E-state index is 0.0538. The second kappa shape index (κ2) is 7.11. The van der Waals surface area contributed by atoms with Crippen LogP contribution in [0.15, 0.2) is 47.4 Å². The van der Waals surface area contributed by atoms with Crippen LogP contribution in [-0.2, 0) is 27.6 Å². The molecule has 29 heavy (non-hydrogen) atoms. The van der Waals surface area contributed by atoms with Crippen molar-refractivity contribution in [1.29, 1.82) is 0 Å². The fourth-order valence-corrected chi connectivity index (χ4v) is 5.43. The maximum atomic E-state index is 13.6. The molecule has 0 bridgehead atoms. The summed E-state index contributed by atoms with van der Waals surface area (Å²) in [7, 11) is -3.42. The molecule has 2 N–H and O–H groups in total. The number of halogens is 1. The zero-order valence-electron chi connectivity index (χ0n) is 15.9. The van der Waals surface area contributed by atoms with Crippen LogP contribution in [0, 0.1) is 5.82 Å². The first-order valence-corrected chi connectivity index (χ1v) is 10.9. The van der Waals surface area contributed by atoms with Gasteiger partial charge in [-0.25, -0.2) is 17.8 Å². The molecule has 2 heterocycles. The lowest BCUT2D eigenvalue weighted by molar-refractivity contribution is -0.118. The van der Waals surface area contributed by atoms with Crippen molar-refractivity contribution in [3.05, 3.63) is 59.4 Å². The van der Waals surface area contributed by atoms with Crippen molar-refractivity contribution < 1.29 is 17.6 Å². The average molecular weight is 413 g/mol. The predicted molar refractivity (Wildman–Crippen MR) is 110 cm³/mol. The van der Waals surface area contributed by atoms with Gasteiger partial charge in [-0.3, -0.25) is 4.79 Å². The molecule has 0 atom stereocenters. The Morgan fingerprint density at radius 2 is 2.03 bits per heavy atom. The molecule has 1 amide bonds. The van der Waals surface area contributed by atoms with Crippen LogP contribution < -0.4 is 10.6 Å². The number of pyridine rings is 1. The van der Waals surface area contributed by atoms with Crippen molar-refractivity contribution in [2.24, 2.45) is 0 Å². The number of hydrogen-bond donors (Lipinski definition) is 1. The Morgan fingerprint density at radius 3 is 2.79 bits per heavy atom. The van der Waals surface area contributed by atoms with E-state index in [1.165, 1.54) is 11.0 Å². The fraction of sp³-hybridized carbons (Fsp3) is 0.238. The highest BCUT2D eigenvalue weighted by atomic mass is 32.2. The number of nitrogens with zero attached hydrogens (tertiary/aromatic N) is 2. The summed E-state index contributed by atoms with van der Waals surface area (Å²) in [5, 5.41) is 0.594. The largest absolute Gasteiger partial charge is 0.381 e. The molecule has 6 nitrogen and oxygen atoms in total. The number of sulfone groups is 1. The summed E-state index contributed by atoms with van der Waals surface area (Å²) in [5.41, 5.74) is 7.96. The Morgan fingerprint density at radius 1 is 1.24 bits per heavy atom. The quantitative estimate of drug-likeness (QED) is 0.709. The highest BCUT2D eigenvalue weighted by Gasteiger charge is 2.32. The molecule has 0 saturated heterocycles. The van der Waals surface area contributed by atoms with Crippen molar-refractivity contribution in [1.82, 2.24) is 4.98 Å². The first-order chi connectivity index (χ1) is 13.8. The number of amides is 1. The number of carbonyl (C=O) groups excluding carboxylic acids is 1. The van der Waals surface area contributed by atoms with E-state index >= 15 is 0 Å². The zero-order chi connectivity index (χ0) is 20.8. The summed E-state index contributed by atoms with van der Waals surface area (Å²) in [6.07, 6.45) is 0.679. The van der Waals surface area contributed by atoms with E-state index in [1.54, 1.807) is 43.3 Å². The van der Waals surface area contributed by atoms with Gasteiger partial charge in [0.25, 0.3) is 0 Å². The second-order valence-electron chi connectivity index (χ2n) is 7.05. The number of hydrogen-bond acceptors (Lipinski definition) is 5. The Hall–Kier alpha value is -3.00. The molecule has 0 fully saturated rings. The smallest absolute Gasteiger partial charge is 0.227 e. The van der Waals surface area contributed by atoms with Gasteiger partial charge in [-0.2, -0.15) is 0 Å². The van der Waals surface area contributed by atoms with E-state index in [0.717, 1.165) is 11.1 Å². The number of rotatable bonds is 4. The van der Waals surface area contributed by atoms with E-state index in [-0.39, 0.29) is 35.3 Å². The SMILES string of the molecule is CCC(=O)N(Cc1ccc2cc(F)c(N)nc2c1)c1cccc2c1S(=O)(=O)CC2. The van der Waals surface area contributed by atoms with E-state index in [1.807, 2.05) is 0 Å². The topological polar surface area (TPSA) is 93.4 Å². The Kier molecular flexibility index (Phi) is 4.74. The lowest BCUT2D eigenvalue weighted by Crippen LogP contribution is -2.31. The number of benzene rings is 2. The predicted octanol–water partition coefficient (Wildman–Crippen LogP) is 3.23. The Balaban J connectivity index is 1.79. The van der Waals surface area contributed by atoms with Crippen LogP contribution in [-0.4, -0.2) is 25.1 Å². The molecule has 150 valence electrons. The third-order valence-electron chi connectivity index (χ3n) is 5.12. The van der Waals surface area contributed by atoms with Gasteiger partial charge in [-0.15, -0.1) is 0 Å². The van der Waals surface area contributed by atoms with E-state index in [0.29, 0.717) is 23.0 Å². The van der Waals surface area contributed by atoms with E-state index < -0.39 is 15.7 Å². The third-order valence-corrected chi connectivity index (χ3v) is 6.96. The summed E-state index contributed by atoms with van der Waals surface area (Å²) in [5.74, 6) is -0.911. The van der Waals surface area contributed by atoms with Crippen LogP contribution in [0.1, 0.15) is 24.5 Å². The molecule has 1 aliphatic rings. The molecule has 2 aromatic carbocycles. The zero-order valence-corrected chi connectivity index (χ0v) is 16.7. The number of aromatic nitrogens is 1. The summed E-state index contributed by atoms with van der Waals surface area (Å²) in [6, 6.07) is 11.8. The minimum Gasteiger partial charge on any atom is -0.381 e. The Labute approximate surface area is 168 Å². The standard InChI is InChI=1S/C21H20FN3O3S/c1-2-19(26)25(18-5-3-4-14-8-9-29(27,28)20(14)18)12-13-6-7-15-11-16(22)21(23)24-17(15)10-13/h3-7,10-11H,2,8-9,12H2,1H3,(H2,23,24). The number of carbonyl (C=O) groups is 1. The summed E-state index contributed by atoms with van der Waals surface area (Å²) >= 11 is 0. The molecule has 0 unspecified atom stereocenters. The van der Waals surface area contributed by atoms with Gasteiger partial charge in [0.15, 0.2) is 21.5 Å². The lowest BCUT2D eigenvalue weighted by atomic mass is 10.1. The minimum atomic E-state index is -3.42. The van der Waals surface area contributed by atoms with Crippen molar-refractivity contribution >= 4 is 38.2 Å². The maximum absolute atomic E-state index is 13.6. The lowest BCUT2D eigenvalue weighted by Gasteiger charge is -2.25. The summed E-state index contributed by atoms with van der Waals surface area (Å²) < 4.78 is 38.8. The second-order valence-corrected chi connectivity index (χ2v) is 9.10. The van der Waals surface area contributed by atoms with Crippen molar-refractivity contribution in [3.8, 4) is 0 Å². The van der Waals surface area contributed by atoms with Gasteiger partial charge in [0.05, 0.1) is 28.4 Å². The van der Waals surface area contributed by atoms with Gasteiger partial charge in [0, 0.05) is 11.8 Å². The van der Waals surface area contributed by atoms with Crippen molar-refractivity contribution in [3.63, 3.8) is 0 Å². The van der Waals surface area contributed by atoms with E-state index in [4.69, 9.17) is 5.73 Å². The normalized spacial score (nSPS) is 14.7. The van der Waals surface area contributed by atoms with Gasteiger partial charge < -0.3 is 10.6 Å². The van der Waals surface area contributed by atoms with Crippen LogP contribution in [0.3, 0.4) is 0 Å². The van der Waals surface area contributed by atoms with Gasteiger partial charge in [0.2, 0.25) is 5.91 Å². The van der Waals surface area contributed by atoms with Crippen molar-refractivity contribution in [2.75, 3.05) is 16.4 Å². The van der Waals surface area contributed by atoms with Gasteiger partial charge in [0.1, 0.15) is 0 Å². The number of anilines is 2. The van der Waals surface area contributed by atoms with Crippen LogP contribution in [0.4, 0.5) is 15.9 Å². The van der Waals surface area contributed by atoms with E-state index in [2.05, 4.69) is 4.98 Å². The number of nitrogens with two attached hydrogens (primary N) is 1. The highest BCUT2D eigenvalue weighted by Crippen LogP contribution is 2.36. The molecule has 1 aliphatic heterocycles. The van der Waals surface area contributed by atoms with E-state index in [9.17, 15) is 17.6 Å². The first kappa shape index (κ1) is 19.3. The molecule has 1 aromatic heterocycles. The number of aryl methyl sites for hydroxylation is 1. The fourth-order valence-electron chi connectivity index (χ4n) is 3.67. The van der Waals surface area contributed by atoms with Gasteiger partial charge >= 0.3 is 0 Å². The molecule has 0 aliphatic carbocycles. The number of nitrogen functional groups attached to an aromatic ring is 1. The molecular weight excluding hydrogens is 393 g/mol. The molecular formula is C21H20FN3O3S.